The third kappa shape index (κ3) is 4.34. The molecule has 33 heavy (non-hydrogen) atoms. The van der Waals surface area contributed by atoms with Crippen LogP contribution in [0.4, 0.5) is 0 Å². The number of aryl methyl sites for hydroxylation is 1. The SMILES string of the molecule is CN1CCN(C(=O)c2cc([C@H]3CN(C(=O)c4cnn(C)c4)CCO3)nc3ccccc23)CC1. The molecule has 0 radical (unpaired) electrons. The summed E-state index contributed by atoms with van der Waals surface area (Å²) in [5.74, 6) is -0.0621. The molecule has 3 aromatic rings. The van der Waals surface area contributed by atoms with Gasteiger partial charge in [0.25, 0.3) is 11.8 Å². The van der Waals surface area contributed by atoms with Crippen LogP contribution in [0.25, 0.3) is 10.9 Å². The summed E-state index contributed by atoms with van der Waals surface area (Å²) in [6, 6.07) is 9.56. The number of likely N-dealkylation sites (N-methyl/N-ethyl adjacent to an activating group) is 1. The first-order chi connectivity index (χ1) is 16.0. The highest BCUT2D eigenvalue weighted by Gasteiger charge is 2.30. The maximum absolute atomic E-state index is 13.5. The van der Waals surface area contributed by atoms with E-state index in [0.717, 1.165) is 24.0 Å². The van der Waals surface area contributed by atoms with Crippen molar-refractivity contribution in [3.63, 3.8) is 0 Å². The molecule has 2 aliphatic rings. The Balaban J connectivity index is 1.44. The topological polar surface area (TPSA) is 83.8 Å². The van der Waals surface area contributed by atoms with Crippen molar-refractivity contribution < 1.29 is 14.3 Å². The van der Waals surface area contributed by atoms with Gasteiger partial charge in [0, 0.05) is 51.4 Å². The number of fused-ring (bicyclic) bond motifs is 1. The number of carbonyl (C=O) groups is 2. The number of hydrogen-bond acceptors (Lipinski definition) is 6. The fourth-order valence-corrected chi connectivity index (χ4v) is 4.44. The Kier molecular flexibility index (Phi) is 5.82. The summed E-state index contributed by atoms with van der Waals surface area (Å²) in [5, 5.41) is 4.94. The van der Waals surface area contributed by atoms with Crippen molar-refractivity contribution in [1.29, 1.82) is 0 Å². The van der Waals surface area contributed by atoms with Gasteiger partial charge in [0.05, 0.1) is 41.7 Å². The van der Waals surface area contributed by atoms with Crippen LogP contribution in [0.2, 0.25) is 0 Å². The van der Waals surface area contributed by atoms with E-state index in [2.05, 4.69) is 17.0 Å². The lowest BCUT2D eigenvalue weighted by Crippen LogP contribution is -2.47. The zero-order chi connectivity index (χ0) is 22.9. The normalized spacial score (nSPS) is 19.8. The van der Waals surface area contributed by atoms with E-state index in [1.807, 2.05) is 35.2 Å². The number of ether oxygens (including phenoxy) is 1. The molecule has 2 aliphatic heterocycles. The summed E-state index contributed by atoms with van der Waals surface area (Å²) in [5.41, 5.74) is 2.62. The molecule has 0 unspecified atom stereocenters. The minimum absolute atomic E-state index is 0.0158. The molecule has 2 saturated heterocycles. The van der Waals surface area contributed by atoms with E-state index in [0.29, 0.717) is 49.6 Å². The van der Waals surface area contributed by atoms with Crippen LogP contribution in [-0.4, -0.2) is 94.2 Å². The predicted molar refractivity (Wildman–Crippen MR) is 123 cm³/mol. The molecule has 2 amide bonds. The number of carbonyl (C=O) groups excluding carboxylic acids is 2. The number of aromatic nitrogens is 3. The average Bonchev–Trinajstić information content (AvgIpc) is 3.29. The van der Waals surface area contributed by atoms with E-state index in [4.69, 9.17) is 9.72 Å². The predicted octanol–water partition coefficient (Wildman–Crippen LogP) is 1.57. The van der Waals surface area contributed by atoms with Gasteiger partial charge in [-0.25, -0.2) is 4.98 Å². The van der Waals surface area contributed by atoms with Crippen LogP contribution in [0.5, 0.6) is 0 Å². The van der Waals surface area contributed by atoms with Gasteiger partial charge in [0.15, 0.2) is 0 Å². The Bertz CT molecular complexity index is 1180. The number of rotatable bonds is 3. The maximum atomic E-state index is 13.5. The number of morpholine rings is 1. The molecule has 0 aliphatic carbocycles. The number of amides is 2. The van der Waals surface area contributed by atoms with E-state index < -0.39 is 6.10 Å². The monoisotopic (exact) mass is 448 g/mol. The van der Waals surface area contributed by atoms with E-state index >= 15 is 0 Å². The zero-order valence-corrected chi connectivity index (χ0v) is 19.0. The maximum Gasteiger partial charge on any atom is 0.257 e. The van der Waals surface area contributed by atoms with Gasteiger partial charge in [0.1, 0.15) is 6.10 Å². The Morgan fingerprint density at radius 3 is 2.55 bits per heavy atom. The highest BCUT2D eigenvalue weighted by molar-refractivity contribution is 6.06. The van der Waals surface area contributed by atoms with Gasteiger partial charge in [-0.3, -0.25) is 14.3 Å². The van der Waals surface area contributed by atoms with Crippen molar-refractivity contribution in [2.75, 3.05) is 52.9 Å². The lowest BCUT2D eigenvalue weighted by Gasteiger charge is -2.34. The van der Waals surface area contributed by atoms with E-state index in [1.54, 1.807) is 29.0 Å². The van der Waals surface area contributed by atoms with Gasteiger partial charge in [-0.2, -0.15) is 5.10 Å². The average molecular weight is 449 g/mol. The fraction of sp³-hybridized carbons (Fsp3) is 0.417. The van der Waals surface area contributed by atoms with E-state index in [-0.39, 0.29) is 11.8 Å². The molecular weight excluding hydrogens is 420 g/mol. The minimum atomic E-state index is -0.400. The molecule has 2 aromatic heterocycles. The quantitative estimate of drug-likeness (QED) is 0.605. The van der Waals surface area contributed by atoms with Gasteiger partial charge in [-0.15, -0.1) is 0 Å². The van der Waals surface area contributed by atoms with Crippen molar-refractivity contribution in [3.05, 3.63) is 59.5 Å². The van der Waals surface area contributed by atoms with E-state index in [9.17, 15) is 9.59 Å². The Morgan fingerprint density at radius 2 is 1.79 bits per heavy atom. The van der Waals surface area contributed by atoms with Crippen LogP contribution in [0.3, 0.4) is 0 Å². The third-order valence-corrected chi connectivity index (χ3v) is 6.39. The highest BCUT2D eigenvalue weighted by atomic mass is 16.5. The molecule has 9 nitrogen and oxygen atoms in total. The molecule has 5 rings (SSSR count). The molecule has 2 fully saturated rings. The molecule has 0 spiro atoms. The summed E-state index contributed by atoms with van der Waals surface area (Å²) in [6.45, 7) is 4.42. The van der Waals surface area contributed by atoms with Crippen molar-refractivity contribution in [2.45, 2.75) is 6.10 Å². The van der Waals surface area contributed by atoms with Crippen molar-refractivity contribution in [3.8, 4) is 0 Å². The first kappa shape index (κ1) is 21.5. The molecular formula is C24H28N6O3. The fourth-order valence-electron chi connectivity index (χ4n) is 4.44. The lowest BCUT2D eigenvalue weighted by atomic mass is 10.0. The summed E-state index contributed by atoms with van der Waals surface area (Å²) < 4.78 is 7.64. The number of pyridine rings is 1. The summed E-state index contributed by atoms with van der Waals surface area (Å²) in [6.07, 6.45) is 2.89. The van der Waals surface area contributed by atoms with Gasteiger partial charge in [-0.1, -0.05) is 18.2 Å². The first-order valence-corrected chi connectivity index (χ1v) is 11.3. The number of benzene rings is 1. The van der Waals surface area contributed by atoms with E-state index in [1.165, 1.54) is 0 Å². The smallest absolute Gasteiger partial charge is 0.257 e. The van der Waals surface area contributed by atoms with Crippen LogP contribution in [0.1, 0.15) is 32.5 Å². The molecule has 9 heteroatoms. The number of nitrogens with zero attached hydrogens (tertiary/aromatic N) is 6. The second kappa shape index (κ2) is 8.92. The van der Waals surface area contributed by atoms with Crippen LogP contribution >= 0.6 is 0 Å². The third-order valence-electron chi connectivity index (χ3n) is 6.39. The molecule has 4 heterocycles. The minimum Gasteiger partial charge on any atom is -0.368 e. The zero-order valence-electron chi connectivity index (χ0n) is 19.0. The Hall–Kier alpha value is -3.30. The van der Waals surface area contributed by atoms with Crippen LogP contribution in [0, 0.1) is 0 Å². The number of hydrogen-bond donors (Lipinski definition) is 0. The van der Waals surface area contributed by atoms with Crippen molar-refractivity contribution in [1.82, 2.24) is 29.5 Å². The van der Waals surface area contributed by atoms with Gasteiger partial charge in [0.2, 0.25) is 0 Å². The largest absolute Gasteiger partial charge is 0.368 e. The molecule has 1 aromatic carbocycles. The highest BCUT2D eigenvalue weighted by Crippen LogP contribution is 2.27. The Morgan fingerprint density at radius 1 is 1.00 bits per heavy atom. The molecule has 1 atom stereocenters. The summed E-state index contributed by atoms with van der Waals surface area (Å²) in [4.78, 5) is 37.1. The van der Waals surface area contributed by atoms with Gasteiger partial charge >= 0.3 is 0 Å². The van der Waals surface area contributed by atoms with Gasteiger partial charge < -0.3 is 19.4 Å². The first-order valence-electron chi connectivity index (χ1n) is 11.3. The van der Waals surface area contributed by atoms with Crippen LogP contribution in [0.15, 0.2) is 42.7 Å². The number of piperazine rings is 1. The molecule has 0 saturated carbocycles. The lowest BCUT2D eigenvalue weighted by molar-refractivity contribution is -0.0246. The second-order valence-electron chi connectivity index (χ2n) is 8.72. The second-order valence-corrected chi connectivity index (χ2v) is 8.72. The Labute approximate surface area is 192 Å². The molecule has 172 valence electrons. The molecule has 0 bridgehead atoms. The standard InChI is InChI=1S/C24H28N6O3/c1-27-7-9-29(10-8-27)24(32)19-13-21(26-20-6-4-3-5-18(19)20)22-16-30(11-12-33-22)23(31)17-14-25-28(2)15-17/h3-6,13-15,22H,7-12,16H2,1-2H3/t22-/m1/s1. The summed E-state index contributed by atoms with van der Waals surface area (Å²) in [7, 11) is 3.86. The van der Waals surface area contributed by atoms with Gasteiger partial charge in [-0.05, 0) is 19.2 Å². The van der Waals surface area contributed by atoms with Crippen molar-refractivity contribution in [2.24, 2.45) is 7.05 Å². The van der Waals surface area contributed by atoms with Crippen molar-refractivity contribution >= 4 is 22.7 Å². The molecule has 0 N–H and O–H groups in total. The summed E-state index contributed by atoms with van der Waals surface area (Å²) >= 11 is 0. The van der Waals surface area contributed by atoms with Crippen LogP contribution < -0.4 is 0 Å². The number of para-hydroxylation sites is 1. The van der Waals surface area contributed by atoms with Crippen LogP contribution in [-0.2, 0) is 11.8 Å².